The topological polar surface area (TPSA) is 73.2 Å². The quantitative estimate of drug-likeness (QED) is 0.478. The SMILES string of the molecule is Cn1c(-c2cccc(OCC(=O)Nc3cccc(C(F)(F)F)c3)c2)nc2ccccc2c1=O. The number of rotatable bonds is 5. The van der Waals surface area contributed by atoms with Crippen LogP contribution in [-0.2, 0) is 18.0 Å². The number of halogens is 3. The van der Waals surface area contributed by atoms with Crippen molar-refractivity contribution in [3.8, 4) is 17.1 Å². The summed E-state index contributed by atoms with van der Waals surface area (Å²) in [7, 11) is 1.62. The second-order valence-corrected chi connectivity index (χ2v) is 7.26. The molecule has 1 heterocycles. The van der Waals surface area contributed by atoms with Crippen LogP contribution < -0.4 is 15.6 Å². The molecule has 0 aliphatic rings. The number of benzene rings is 3. The molecule has 0 saturated heterocycles. The van der Waals surface area contributed by atoms with Gasteiger partial charge in [0.25, 0.3) is 11.5 Å². The molecule has 0 unspecified atom stereocenters. The molecule has 4 rings (SSSR count). The highest BCUT2D eigenvalue weighted by molar-refractivity contribution is 5.92. The summed E-state index contributed by atoms with van der Waals surface area (Å²) in [5.74, 6) is 0.155. The summed E-state index contributed by atoms with van der Waals surface area (Å²) >= 11 is 0. The van der Waals surface area contributed by atoms with Crippen molar-refractivity contribution in [2.24, 2.45) is 7.05 Å². The average Bonchev–Trinajstić information content (AvgIpc) is 2.80. The summed E-state index contributed by atoms with van der Waals surface area (Å²) in [6.45, 7) is -0.413. The van der Waals surface area contributed by atoms with Gasteiger partial charge in [0.1, 0.15) is 11.6 Å². The van der Waals surface area contributed by atoms with Crippen LogP contribution in [0.2, 0.25) is 0 Å². The molecule has 0 bridgehead atoms. The van der Waals surface area contributed by atoms with Crippen molar-refractivity contribution < 1.29 is 22.7 Å². The molecule has 0 aliphatic heterocycles. The van der Waals surface area contributed by atoms with Crippen LogP contribution in [0.3, 0.4) is 0 Å². The summed E-state index contributed by atoms with van der Waals surface area (Å²) in [4.78, 5) is 29.4. The lowest BCUT2D eigenvalue weighted by Crippen LogP contribution is -2.21. The molecular weight excluding hydrogens is 435 g/mol. The Morgan fingerprint density at radius 1 is 1.03 bits per heavy atom. The molecule has 4 aromatic rings. The van der Waals surface area contributed by atoms with Gasteiger partial charge in [-0.3, -0.25) is 14.2 Å². The Morgan fingerprint density at radius 2 is 1.79 bits per heavy atom. The number of anilines is 1. The normalized spacial score (nSPS) is 11.4. The van der Waals surface area contributed by atoms with Crippen molar-refractivity contribution in [2.45, 2.75) is 6.18 Å². The van der Waals surface area contributed by atoms with Crippen LogP contribution in [0, 0.1) is 0 Å². The molecule has 0 atom stereocenters. The minimum atomic E-state index is -4.51. The van der Waals surface area contributed by atoms with Gasteiger partial charge in [-0.1, -0.05) is 30.3 Å². The van der Waals surface area contributed by atoms with Gasteiger partial charge in [-0.2, -0.15) is 13.2 Å². The summed E-state index contributed by atoms with van der Waals surface area (Å²) in [6, 6.07) is 18.1. The molecule has 33 heavy (non-hydrogen) atoms. The van der Waals surface area contributed by atoms with Crippen LogP contribution in [-0.4, -0.2) is 22.1 Å². The van der Waals surface area contributed by atoms with Gasteiger partial charge in [0.2, 0.25) is 0 Å². The first-order valence-electron chi connectivity index (χ1n) is 9.88. The summed E-state index contributed by atoms with van der Waals surface area (Å²) in [5.41, 5.74) is 0.130. The number of hydrogen-bond donors (Lipinski definition) is 1. The molecule has 0 aliphatic carbocycles. The van der Waals surface area contributed by atoms with Crippen LogP contribution in [0.5, 0.6) is 5.75 Å². The van der Waals surface area contributed by atoms with Crippen molar-refractivity contribution in [2.75, 3.05) is 11.9 Å². The third kappa shape index (κ3) is 4.87. The molecule has 1 amide bonds. The highest BCUT2D eigenvalue weighted by atomic mass is 19.4. The average molecular weight is 453 g/mol. The number of fused-ring (bicyclic) bond motifs is 1. The van der Waals surface area contributed by atoms with Gasteiger partial charge in [0.05, 0.1) is 16.5 Å². The van der Waals surface area contributed by atoms with Gasteiger partial charge in [-0.15, -0.1) is 0 Å². The molecule has 1 N–H and O–H groups in total. The van der Waals surface area contributed by atoms with Crippen LogP contribution >= 0.6 is 0 Å². The lowest BCUT2D eigenvalue weighted by Gasteiger charge is -2.12. The Morgan fingerprint density at radius 3 is 2.58 bits per heavy atom. The zero-order chi connectivity index (χ0) is 23.6. The second kappa shape index (κ2) is 8.78. The first-order chi connectivity index (χ1) is 15.7. The maximum Gasteiger partial charge on any atom is 0.416 e. The highest BCUT2D eigenvalue weighted by Gasteiger charge is 2.30. The van der Waals surface area contributed by atoms with Crippen molar-refractivity contribution in [1.29, 1.82) is 0 Å². The van der Waals surface area contributed by atoms with Crippen LogP contribution in [0.1, 0.15) is 5.56 Å². The highest BCUT2D eigenvalue weighted by Crippen LogP contribution is 2.30. The zero-order valence-electron chi connectivity index (χ0n) is 17.4. The number of aromatic nitrogens is 2. The Kier molecular flexibility index (Phi) is 5.87. The minimum absolute atomic E-state index is 0.0162. The largest absolute Gasteiger partial charge is 0.484 e. The fraction of sp³-hybridized carbons (Fsp3) is 0.125. The maximum absolute atomic E-state index is 12.8. The monoisotopic (exact) mass is 453 g/mol. The fourth-order valence-electron chi connectivity index (χ4n) is 3.32. The minimum Gasteiger partial charge on any atom is -0.484 e. The van der Waals surface area contributed by atoms with E-state index in [9.17, 15) is 22.8 Å². The third-order valence-electron chi connectivity index (χ3n) is 4.92. The Hall–Kier alpha value is -4.14. The number of para-hydroxylation sites is 1. The molecule has 0 radical (unpaired) electrons. The van der Waals surface area contributed by atoms with Crippen molar-refractivity contribution in [3.63, 3.8) is 0 Å². The Bertz CT molecular complexity index is 1400. The number of carbonyl (C=O) groups excluding carboxylic acids is 1. The maximum atomic E-state index is 12.8. The predicted octanol–water partition coefficient (Wildman–Crippen LogP) is 4.64. The summed E-state index contributed by atoms with van der Waals surface area (Å²) in [6.07, 6.45) is -4.51. The molecule has 0 spiro atoms. The molecule has 6 nitrogen and oxygen atoms in total. The number of amides is 1. The predicted molar refractivity (Wildman–Crippen MR) is 118 cm³/mol. The Labute approximate surface area is 186 Å². The van der Waals surface area contributed by atoms with Crippen molar-refractivity contribution in [1.82, 2.24) is 9.55 Å². The number of nitrogens with one attached hydrogen (secondary N) is 1. The van der Waals surface area contributed by atoms with E-state index in [-0.39, 0.29) is 11.2 Å². The first-order valence-corrected chi connectivity index (χ1v) is 9.88. The number of carbonyl (C=O) groups is 1. The number of alkyl halides is 3. The van der Waals surface area contributed by atoms with E-state index in [2.05, 4.69) is 10.3 Å². The van der Waals surface area contributed by atoms with E-state index in [1.807, 2.05) is 0 Å². The van der Waals surface area contributed by atoms with Crippen molar-refractivity contribution >= 4 is 22.5 Å². The van der Waals surface area contributed by atoms with E-state index in [1.54, 1.807) is 55.6 Å². The third-order valence-corrected chi connectivity index (χ3v) is 4.92. The number of ether oxygens (including phenoxy) is 1. The second-order valence-electron chi connectivity index (χ2n) is 7.26. The van der Waals surface area contributed by atoms with E-state index in [0.29, 0.717) is 28.0 Å². The molecule has 0 fully saturated rings. The standard InChI is InChI=1S/C24H18F3N3O3/c1-30-22(29-20-11-3-2-10-19(20)23(30)32)15-6-4-9-18(12-15)33-14-21(31)28-17-8-5-7-16(13-17)24(25,26)27/h2-13H,14H2,1H3,(H,28,31). The fourth-order valence-corrected chi connectivity index (χ4v) is 3.32. The van der Waals surface area contributed by atoms with E-state index < -0.39 is 24.3 Å². The van der Waals surface area contributed by atoms with Gasteiger partial charge in [0, 0.05) is 18.3 Å². The molecule has 0 saturated carbocycles. The molecule has 9 heteroatoms. The lowest BCUT2D eigenvalue weighted by atomic mass is 10.1. The van der Waals surface area contributed by atoms with E-state index in [4.69, 9.17) is 4.74 Å². The summed E-state index contributed by atoms with van der Waals surface area (Å²) < 4.78 is 45.4. The smallest absolute Gasteiger partial charge is 0.416 e. The molecule has 3 aromatic carbocycles. The zero-order valence-corrected chi connectivity index (χ0v) is 17.4. The van der Waals surface area contributed by atoms with Crippen molar-refractivity contribution in [3.05, 3.63) is 88.7 Å². The van der Waals surface area contributed by atoms with Crippen LogP contribution in [0.4, 0.5) is 18.9 Å². The number of hydrogen-bond acceptors (Lipinski definition) is 4. The van der Waals surface area contributed by atoms with Gasteiger partial charge >= 0.3 is 6.18 Å². The Balaban J connectivity index is 1.50. The van der Waals surface area contributed by atoms with Gasteiger partial charge in [0.15, 0.2) is 6.61 Å². The first kappa shape index (κ1) is 22.1. The van der Waals surface area contributed by atoms with Crippen LogP contribution in [0.15, 0.2) is 77.6 Å². The number of nitrogens with zero attached hydrogens (tertiary/aromatic N) is 2. The lowest BCUT2D eigenvalue weighted by molar-refractivity contribution is -0.137. The van der Waals surface area contributed by atoms with Crippen LogP contribution in [0.25, 0.3) is 22.3 Å². The van der Waals surface area contributed by atoms with E-state index in [1.165, 1.54) is 16.7 Å². The molecule has 168 valence electrons. The van der Waals surface area contributed by atoms with Gasteiger partial charge < -0.3 is 10.1 Å². The summed E-state index contributed by atoms with van der Waals surface area (Å²) in [5, 5.41) is 2.89. The van der Waals surface area contributed by atoms with Gasteiger partial charge in [-0.05, 0) is 42.5 Å². The molecule has 1 aromatic heterocycles. The van der Waals surface area contributed by atoms with E-state index in [0.717, 1.165) is 12.1 Å². The molecular formula is C24H18F3N3O3. The van der Waals surface area contributed by atoms with Gasteiger partial charge in [-0.25, -0.2) is 4.98 Å². The van der Waals surface area contributed by atoms with E-state index >= 15 is 0 Å².